The minimum Gasteiger partial charge on any atom is -0.258 e. The molecule has 0 N–H and O–H groups in total. The van der Waals surface area contributed by atoms with Gasteiger partial charge in [-0.25, -0.2) is 0 Å². The van der Waals surface area contributed by atoms with Crippen molar-refractivity contribution in [1.29, 1.82) is 5.26 Å². The fraction of sp³-hybridized carbons (Fsp3) is 0.133. The predicted octanol–water partition coefficient (Wildman–Crippen LogP) is 4.87. The predicted molar refractivity (Wildman–Crippen MR) is 81.8 cm³/mol. The van der Waals surface area contributed by atoms with Crippen LogP contribution >= 0.6 is 23.2 Å². The van der Waals surface area contributed by atoms with Crippen LogP contribution in [-0.2, 0) is 0 Å². The molecule has 0 aromatic heterocycles. The fourth-order valence-electron chi connectivity index (χ4n) is 2.09. The highest BCUT2D eigenvalue weighted by Crippen LogP contribution is 2.34. The van der Waals surface area contributed by atoms with Crippen molar-refractivity contribution in [2.45, 2.75) is 12.8 Å². The molecule has 0 saturated carbocycles. The molecule has 0 bridgehead atoms. The van der Waals surface area contributed by atoms with E-state index in [1.54, 1.807) is 37.3 Å². The topological polar surface area (TPSA) is 66.9 Å². The summed E-state index contributed by atoms with van der Waals surface area (Å²) >= 11 is 12.0. The molecule has 0 unspecified atom stereocenters. The lowest BCUT2D eigenvalue weighted by Gasteiger charge is -2.13. The summed E-state index contributed by atoms with van der Waals surface area (Å²) in [6, 6.07) is 11.9. The Labute approximate surface area is 131 Å². The summed E-state index contributed by atoms with van der Waals surface area (Å²) < 4.78 is 0. The first kappa shape index (κ1) is 15.3. The molecular formula is C15H10Cl2N2O2. The lowest BCUT2D eigenvalue weighted by Crippen LogP contribution is -2.01. The third kappa shape index (κ3) is 3.15. The van der Waals surface area contributed by atoms with Crippen molar-refractivity contribution in [3.63, 3.8) is 0 Å². The molecule has 0 amide bonds. The molecule has 0 spiro atoms. The Balaban J connectivity index is 2.53. The number of nitrogens with zero attached hydrogens (tertiary/aromatic N) is 2. The largest absolute Gasteiger partial charge is 0.273 e. The zero-order valence-corrected chi connectivity index (χ0v) is 12.5. The number of rotatable bonds is 3. The number of nitro benzene ring substituents is 1. The number of halogens is 2. The SMILES string of the molecule is Cc1cc([C@H](C#N)c2ccc(Cl)cc2)c(Cl)cc1[N+](=O)[O-]. The maximum Gasteiger partial charge on any atom is 0.273 e. The van der Waals surface area contributed by atoms with E-state index >= 15 is 0 Å². The maximum absolute atomic E-state index is 10.9. The molecule has 106 valence electrons. The highest BCUT2D eigenvalue weighted by atomic mass is 35.5. The molecule has 0 aliphatic rings. The molecule has 0 aliphatic heterocycles. The van der Waals surface area contributed by atoms with Gasteiger partial charge in [0.1, 0.15) is 0 Å². The van der Waals surface area contributed by atoms with Gasteiger partial charge in [0, 0.05) is 16.7 Å². The van der Waals surface area contributed by atoms with Crippen molar-refractivity contribution in [3.05, 3.63) is 73.2 Å². The van der Waals surface area contributed by atoms with Crippen molar-refractivity contribution in [2.75, 3.05) is 0 Å². The maximum atomic E-state index is 10.9. The summed E-state index contributed by atoms with van der Waals surface area (Å²) in [4.78, 5) is 10.4. The summed E-state index contributed by atoms with van der Waals surface area (Å²) in [5.74, 6) is -0.603. The van der Waals surface area contributed by atoms with E-state index < -0.39 is 10.8 Å². The number of aryl methyl sites for hydroxylation is 1. The molecule has 4 nitrogen and oxygen atoms in total. The number of hydrogen-bond donors (Lipinski definition) is 0. The Morgan fingerprint density at radius 2 is 1.86 bits per heavy atom. The normalized spacial score (nSPS) is 11.7. The first-order valence-electron chi connectivity index (χ1n) is 6.03. The molecule has 2 aromatic carbocycles. The Bertz CT molecular complexity index is 737. The number of nitriles is 1. The second kappa shape index (κ2) is 6.13. The van der Waals surface area contributed by atoms with Crippen LogP contribution in [0.4, 0.5) is 5.69 Å². The first-order chi connectivity index (χ1) is 9.93. The molecule has 0 saturated heterocycles. The average molecular weight is 321 g/mol. The fourth-order valence-corrected chi connectivity index (χ4v) is 2.48. The number of benzene rings is 2. The molecule has 6 heteroatoms. The average Bonchev–Trinajstić information content (AvgIpc) is 2.44. The van der Waals surface area contributed by atoms with Gasteiger partial charge in [-0.05, 0) is 36.2 Å². The molecule has 0 aliphatic carbocycles. The summed E-state index contributed by atoms with van der Waals surface area (Å²) in [6.45, 7) is 1.62. The zero-order valence-electron chi connectivity index (χ0n) is 11.0. The van der Waals surface area contributed by atoms with E-state index in [-0.39, 0.29) is 10.7 Å². The highest BCUT2D eigenvalue weighted by Gasteiger charge is 2.21. The van der Waals surface area contributed by atoms with Crippen LogP contribution in [0.5, 0.6) is 0 Å². The number of nitro groups is 1. The Morgan fingerprint density at radius 1 is 1.24 bits per heavy atom. The summed E-state index contributed by atoms with van der Waals surface area (Å²) in [5.41, 5.74) is 1.69. The van der Waals surface area contributed by atoms with Gasteiger partial charge in [0.25, 0.3) is 5.69 Å². The summed E-state index contributed by atoms with van der Waals surface area (Å²) in [7, 11) is 0. The van der Waals surface area contributed by atoms with Crippen LogP contribution in [0.2, 0.25) is 10.0 Å². The van der Waals surface area contributed by atoms with E-state index in [0.29, 0.717) is 16.1 Å². The van der Waals surface area contributed by atoms with Gasteiger partial charge in [-0.2, -0.15) is 5.26 Å². The van der Waals surface area contributed by atoms with Gasteiger partial charge in [0.15, 0.2) is 0 Å². The second-order valence-electron chi connectivity index (χ2n) is 4.53. The van der Waals surface area contributed by atoms with Gasteiger partial charge in [-0.1, -0.05) is 35.3 Å². The van der Waals surface area contributed by atoms with Crippen LogP contribution in [0, 0.1) is 28.4 Å². The lowest BCUT2D eigenvalue weighted by atomic mass is 9.91. The summed E-state index contributed by atoms with van der Waals surface area (Å²) in [5, 5.41) is 21.1. The van der Waals surface area contributed by atoms with Crippen LogP contribution in [-0.4, -0.2) is 4.92 Å². The van der Waals surface area contributed by atoms with E-state index in [4.69, 9.17) is 23.2 Å². The smallest absolute Gasteiger partial charge is 0.258 e. The van der Waals surface area contributed by atoms with Gasteiger partial charge in [-0.15, -0.1) is 0 Å². The van der Waals surface area contributed by atoms with Crippen molar-refractivity contribution in [3.8, 4) is 6.07 Å². The van der Waals surface area contributed by atoms with Gasteiger partial charge < -0.3 is 0 Å². The Morgan fingerprint density at radius 3 is 2.38 bits per heavy atom. The van der Waals surface area contributed by atoms with Crippen LogP contribution in [0.1, 0.15) is 22.6 Å². The molecular weight excluding hydrogens is 311 g/mol. The second-order valence-corrected chi connectivity index (χ2v) is 5.37. The quantitative estimate of drug-likeness (QED) is 0.598. The summed E-state index contributed by atoms with van der Waals surface area (Å²) in [6.07, 6.45) is 0. The van der Waals surface area contributed by atoms with Crippen molar-refractivity contribution in [2.24, 2.45) is 0 Å². The van der Waals surface area contributed by atoms with Crippen LogP contribution < -0.4 is 0 Å². The molecule has 0 fully saturated rings. The Hall–Kier alpha value is -2.09. The van der Waals surface area contributed by atoms with Crippen molar-refractivity contribution in [1.82, 2.24) is 0 Å². The third-order valence-corrected chi connectivity index (χ3v) is 3.73. The molecule has 0 radical (unpaired) electrons. The zero-order chi connectivity index (χ0) is 15.6. The highest BCUT2D eigenvalue weighted by molar-refractivity contribution is 6.31. The van der Waals surface area contributed by atoms with E-state index in [9.17, 15) is 15.4 Å². The van der Waals surface area contributed by atoms with Gasteiger partial charge in [0.2, 0.25) is 0 Å². The minimum absolute atomic E-state index is 0.0588. The molecule has 2 aromatic rings. The Kier molecular flexibility index (Phi) is 4.46. The number of hydrogen-bond acceptors (Lipinski definition) is 3. The third-order valence-electron chi connectivity index (χ3n) is 3.16. The standard InChI is InChI=1S/C15H10Cl2N2O2/c1-9-6-12(14(17)7-15(9)19(20)21)13(8-18)10-2-4-11(16)5-3-10/h2-7,13H,1H3/t13-/m1/s1. The molecule has 21 heavy (non-hydrogen) atoms. The molecule has 2 rings (SSSR count). The lowest BCUT2D eigenvalue weighted by molar-refractivity contribution is -0.385. The van der Waals surface area contributed by atoms with Crippen molar-refractivity contribution >= 4 is 28.9 Å². The molecule has 1 atom stereocenters. The van der Waals surface area contributed by atoms with Crippen molar-refractivity contribution < 1.29 is 4.92 Å². The van der Waals surface area contributed by atoms with Crippen LogP contribution in [0.3, 0.4) is 0 Å². The molecule has 0 heterocycles. The van der Waals surface area contributed by atoms with E-state index in [1.165, 1.54) is 6.07 Å². The monoisotopic (exact) mass is 320 g/mol. The van der Waals surface area contributed by atoms with Crippen LogP contribution in [0.25, 0.3) is 0 Å². The van der Waals surface area contributed by atoms with Gasteiger partial charge in [-0.3, -0.25) is 10.1 Å². The first-order valence-corrected chi connectivity index (χ1v) is 6.79. The van der Waals surface area contributed by atoms with E-state index in [2.05, 4.69) is 6.07 Å². The van der Waals surface area contributed by atoms with E-state index in [1.807, 2.05) is 0 Å². The minimum atomic E-state index is -0.603. The van der Waals surface area contributed by atoms with E-state index in [0.717, 1.165) is 5.56 Å². The van der Waals surface area contributed by atoms with Gasteiger partial charge >= 0.3 is 0 Å². The van der Waals surface area contributed by atoms with Gasteiger partial charge in [0.05, 0.1) is 21.9 Å². The van der Waals surface area contributed by atoms with Crippen LogP contribution in [0.15, 0.2) is 36.4 Å².